The molecule has 0 saturated heterocycles. The Morgan fingerprint density at radius 3 is 2.13 bits per heavy atom. The largest absolute Gasteiger partial charge is 0.368 e. The average molecular weight is 311 g/mol. The lowest BCUT2D eigenvalue weighted by atomic mass is 10.1. The summed E-state index contributed by atoms with van der Waals surface area (Å²) in [6.45, 7) is 2.15. The molecule has 5 nitrogen and oxygen atoms in total. The van der Waals surface area contributed by atoms with E-state index in [4.69, 9.17) is 5.73 Å². The number of hydrogen-bond donors (Lipinski definition) is 3. The van der Waals surface area contributed by atoms with E-state index in [2.05, 4.69) is 10.6 Å². The number of rotatable bonds is 7. The molecule has 0 saturated carbocycles. The number of benzene rings is 2. The second-order valence-electron chi connectivity index (χ2n) is 5.34. The molecular formula is C18H21N3O2. The molecular weight excluding hydrogens is 290 g/mol. The SMILES string of the molecule is C[C@@H](N[C@@H](C(N)=O)c1ccccc1)C(=O)NCc1ccccc1. The Bertz CT molecular complexity index is 644. The highest BCUT2D eigenvalue weighted by molar-refractivity contribution is 5.85. The highest BCUT2D eigenvalue weighted by atomic mass is 16.2. The summed E-state index contributed by atoms with van der Waals surface area (Å²) in [5, 5.41) is 5.82. The van der Waals surface area contributed by atoms with E-state index in [-0.39, 0.29) is 5.91 Å². The van der Waals surface area contributed by atoms with Crippen molar-refractivity contribution in [1.29, 1.82) is 0 Å². The third kappa shape index (κ3) is 4.93. The molecule has 2 aromatic carbocycles. The number of primary amides is 1. The molecule has 120 valence electrons. The van der Waals surface area contributed by atoms with Gasteiger partial charge in [0.2, 0.25) is 11.8 Å². The first-order chi connectivity index (χ1) is 11.1. The van der Waals surface area contributed by atoms with Gasteiger partial charge in [0, 0.05) is 6.54 Å². The molecule has 23 heavy (non-hydrogen) atoms. The first-order valence-corrected chi connectivity index (χ1v) is 7.50. The van der Waals surface area contributed by atoms with Crippen LogP contribution in [0, 0.1) is 0 Å². The Labute approximate surface area is 135 Å². The molecule has 2 amide bonds. The monoisotopic (exact) mass is 311 g/mol. The third-order valence-corrected chi connectivity index (χ3v) is 3.54. The summed E-state index contributed by atoms with van der Waals surface area (Å²) in [7, 11) is 0. The molecule has 0 radical (unpaired) electrons. The zero-order valence-corrected chi connectivity index (χ0v) is 13.0. The van der Waals surface area contributed by atoms with E-state index in [9.17, 15) is 9.59 Å². The zero-order valence-electron chi connectivity index (χ0n) is 13.0. The van der Waals surface area contributed by atoms with Crippen molar-refractivity contribution in [3.63, 3.8) is 0 Å². The van der Waals surface area contributed by atoms with E-state index in [1.54, 1.807) is 19.1 Å². The molecule has 0 spiro atoms. The van der Waals surface area contributed by atoms with Gasteiger partial charge in [-0.2, -0.15) is 0 Å². The predicted molar refractivity (Wildman–Crippen MR) is 89.3 cm³/mol. The van der Waals surface area contributed by atoms with E-state index in [0.717, 1.165) is 11.1 Å². The summed E-state index contributed by atoms with van der Waals surface area (Å²) in [6.07, 6.45) is 0. The normalized spacial score (nSPS) is 13.1. The van der Waals surface area contributed by atoms with Crippen molar-refractivity contribution in [3.05, 3.63) is 71.8 Å². The van der Waals surface area contributed by atoms with Crippen LogP contribution in [0.15, 0.2) is 60.7 Å². The van der Waals surface area contributed by atoms with Crippen molar-refractivity contribution in [2.24, 2.45) is 5.73 Å². The summed E-state index contributed by atoms with van der Waals surface area (Å²) < 4.78 is 0. The van der Waals surface area contributed by atoms with Gasteiger partial charge in [0.1, 0.15) is 6.04 Å². The minimum absolute atomic E-state index is 0.184. The molecule has 0 fully saturated rings. The van der Waals surface area contributed by atoms with E-state index < -0.39 is 18.0 Å². The van der Waals surface area contributed by atoms with Gasteiger partial charge in [-0.25, -0.2) is 0 Å². The van der Waals surface area contributed by atoms with Crippen molar-refractivity contribution in [2.75, 3.05) is 0 Å². The Hall–Kier alpha value is -2.66. The molecule has 0 unspecified atom stereocenters. The fourth-order valence-corrected chi connectivity index (χ4v) is 2.25. The molecule has 0 aliphatic carbocycles. The highest BCUT2D eigenvalue weighted by Gasteiger charge is 2.22. The molecule has 2 rings (SSSR count). The lowest BCUT2D eigenvalue weighted by molar-refractivity contribution is -0.124. The van der Waals surface area contributed by atoms with Gasteiger partial charge in [-0.3, -0.25) is 14.9 Å². The highest BCUT2D eigenvalue weighted by Crippen LogP contribution is 2.12. The van der Waals surface area contributed by atoms with Crippen molar-refractivity contribution in [2.45, 2.75) is 25.6 Å². The summed E-state index contributed by atoms with van der Waals surface area (Å²) in [4.78, 5) is 23.8. The number of carbonyl (C=O) groups is 2. The predicted octanol–water partition coefficient (Wildman–Crippen LogP) is 1.51. The summed E-state index contributed by atoms with van der Waals surface area (Å²) in [5.74, 6) is -0.699. The summed E-state index contributed by atoms with van der Waals surface area (Å²) in [5.41, 5.74) is 7.20. The zero-order chi connectivity index (χ0) is 16.7. The second kappa shape index (κ2) is 8.10. The third-order valence-electron chi connectivity index (χ3n) is 3.54. The maximum Gasteiger partial charge on any atom is 0.239 e. The van der Waals surface area contributed by atoms with E-state index in [1.807, 2.05) is 48.5 Å². The smallest absolute Gasteiger partial charge is 0.239 e. The summed E-state index contributed by atoms with van der Waals surface area (Å²) in [6, 6.07) is 17.5. The van der Waals surface area contributed by atoms with Gasteiger partial charge in [0.15, 0.2) is 0 Å². The number of nitrogens with one attached hydrogen (secondary N) is 2. The molecule has 2 atom stereocenters. The van der Waals surface area contributed by atoms with Crippen molar-refractivity contribution < 1.29 is 9.59 Å². The van der Waals surface area contributed by atoms with Crippen LogP contribution >= 0.6 is 0 Å². The first kappa shape index (κ1) is 16.7. The molecule has 0 heterocycles. The number of carbonyl (C=O) groups excluding carboxylic acids is 2. The molecule has 0 aliphatic rings. The van der Waals surface area contributed by atoms with E-state index >= 15 is 0 Å². The van der Waals surface area contributed by atoms with Gasteiger partial charge in [-0.1, -0.05) is 60.7 Å². The maximum absolute atomic E-state index is 12.2. The van der Waals surface area contributed by atoms with Gasteiger partial charge >= 0.3 is 0 Å². The van der Waals surface area contributed by atoms with Crippen LogP contribution in [0.1, 0.15) is 24.1 Å². The Balaban J connectivity index is 1.94. The standard InChI is InChI=1S/C18H21N3O2/c1-13(18(23)20-12-14-8-4-2-5-9-14)21-16(17(19)22)15-10-6-3-7-11-15/h2-11,13,16,21H,12H2,1H3,(H2,19,22)(H,20,23)/t13-,16-/m1/s1. The van der Waals surface area contributed by atoms with Crippen LogP contribution in [0.4, 0.5) is 0 Å². The summed E-state index contributed by atoms with van der Waals surface area (Å²) >= 11 is 0. The number of amides is 2. The minimum atomic E-state index is -0.700. The first-order valence-electron chi connectivity index (χ1n) is 7.50. The van der Waals surface area contributed by atoms with Crippen LogP contribution in [0.2, 0.25) is 0 Å². The number of hydrogen-bond acceptors (Lipinski definition) is 3. The molecule has 0 aliphatic heterocycles. The van der Waals surface area contributed by atoms with Crippen LogP contribution in [-0.2, 0) is 16.1 Å². The maximum atomic E-state index is 12.2. The molecule has 0 bridgehead atoms. The lowest BCUT2D eigenvalue weighted by Crippen LogP contribution is -2.46. The quantitative estimate of drug-likeness (QED) is 0.724. The van der Waals surface area contributed by atoms with E-state index in [1.165, 1.54) is 0 Å². The van der Waals surface area contributed by atoms with Crippen molar-refractivity contribution in [3.8, 4) is 0 Å². The van der Waals surface area contributed by atoms with Gasteiger partial charge in [-0.05, 0) is 18.1 Å². The van der Waals surface area contributed by atoms with Gasteiger partial charge in [0.05, 0.1) is 6.04 Å². The van der Waals surface area contributed by atoms with Crippen LogP contribution in [0.25, 0.3) is 0 Å². The van der Waals surface area contributed by atoms with Crippen LogP contribution in [0.5, 0.6) is 0 Å². The Morgan fingerprint density at radius 2 is 1.57 bits per heavy atom. The van der Waals surface area contributed by atoms with E-state index in [0.29, 0.717) is 6.54 Å². The lowest BCUT2D eigenvalue weighted by Gasteiger charge is -2.21. The Kier molecular flexibility index (Phi) is 5.88. The van der Waals surface area contributed by atoms with Gasteiger partial charge in [0.25, 0.3) is 0 Å². The molecule has 0 aromatic heterocycles. The topological polar surface area (TPSA) is 84.2 Å². The Morgan fingerprint density at radius 1 is 1.00 bits per heavy atom. The van der Waals surface area contributed by atoms with Crippen LogP contribution in [0.3, 0.4) is 0 Å². The van der Waals surface area contributed by atoms with Gasteiger partial charge in [-0.15, -0.1) is 0 Å². The fraction of sp³-hybridized carbons (Fsp3) is 0.222. The molecule has 2 aromatic rings. The van der Waals surface area contributed by atoms with Gasteiger partial charge < -0.3 is 11.1 Å². The van der Waals surface area contributed by atoms with Crippen molar-refractivity contribution >= 4 is 11.8 Å². The number of nitrogens with two attached hydrogens (primary N) is 1. The van der Waals surface area contributed by atoms with Crippen molar-refractivity contribution in [1.82, 2.24) is 10.6 Å². The van der Waals surface area contributed by atoms with Crippen LogP contribution < -0.4 is 16.4 Å². The minimum Gasteiger partial charge on any atom is -0.368 e. The van der Waals surface area contributed by atoms with Crippen LogP contribution in [-0.4, -0.2) is 17.9 Å². The fourth-order valence-electron chi connectivity index (χ4n) is 2.25. The molecule has 5 heteroatoms. The second-order valence-corrected chi connectivity index (χ2v) is 5.34. The molecule has 4 N–H and O–H groups in total. The average Bonchev–Trinajstić information content (AvgIpc) is 2.58.